The number of hydrogen-bond acceptors (Lipinski definition) is 4. The van der Waals surface area contributed by atoms with Gasteiger partial charge in [0, 0.05) is 13.1 Å². The van der Waals surface area contributed by atoms with E-state index >= 15 is 0 Å². The molecule has 162 valence electrons. The molecule has 0 atom stereocenters. The fraction of sp³-hybridized carbons (Fsp3) is 0.115. The zero-order chi connectivity index (χ0) is 22.4. The third-order valence-electron chi connectivity index (χ3n) is 5.13. The number of aryl methyl sites for hydroxylation is 1. The molecule has 6 heteroatoms. The molecule has 3 aromatic carbocycles. The van der Waals surface area contributed by atoms with E-state index in [1.54, 1.807) is 36.4 Å². The first-order chi connectivity index (χ1) is 15.5. The van der Waals surface area contributed by atoms with Gasteiger partial charge in [-0.25, -0.2) is 13.4 Å². The average molecular weight is 444 g/mol. The molecule has 0 saturated carbocycles. The van der Waals surface area contributed by atoms with Crippen LogP contribution in [0.5, 0.6) is 0 Å². The van der Waals surface area contributed by atoms with E-state index in [0.29, 0.717) is 24.5 Å². The molecule has 0 fully saturated rings. The number of aromatic nitrogens is 1. The first-order valence-corrected chi connectivity index (χ1v) is 11.9. The maximum absolute atomic E-state index is 12.7. The van der Waals surface area contributed by atoms with Crippen molar-refractivity contribution in [3.63, 3.8) is 0 Å². The second-order valence-electron chi connectivity index (χ2n) is 7.55. The van der Waals surface area contributed by atoms with E-state index in [4.69, 9.17) is 4.98 Å². The van der Waals surface area contributed by atoms with E-state index in [9.17, 15) is 8.42 Å². The summed E-state index contributed by atoms with van der Waals surface area (Å²) < 4.78 is 28.1. The van der Waals surface area contributed by atoms with Crippen molar-refractivity contribution < 1.29 is 8.42 Å². The topological polar surface area (TPSA) is 62.3 Å². The highest BCUT2D eigenvalue weighted by Gasteiger charge is 2.17. The zero-order valence-corrected chi connectivity index (χ0v) is 18.7. The molecule has 1 heterocycles. The Kier molecular flexibility index (Phi) is 6.52. The summed E-state index contributed by atoms with van der Waals surface area (Å²) in [6, 6.07) is 32.4. The summed E-state index contributed by atoms with van der Waals surface area (Å²) in [7, 11) is -3.67. The zero-order valence-electron chi connectivity index (χ0n) is 17.8. The van der Waals surface area contributed by atoms with Crippen LogP contribution in [0.3, 0.4) is 0 Å². The lowest BCUT2D eigenvalue weighted by Gasteiger charge is -2.25. The predicted molar refractivity (Wildman–Crippen MR) is 129 cm³/mol. The minimum atomic E-state index is -3.67. The van der Waals surface area contributed by atoms with Gasteiger partial charge >= 0.3 is 0 Å². The molecule has 32 heavy (non-hydrogen) atoms. The van der Waals surface area contributed by atoms with Crippen LogP contribution in [0, 0.1) is 6.92 Å². The lowest BCUT2D eigenvalue weighted by atomic mass is 10.1. The van der Waals surface area contributed by atoms with Crippen molar-refractivity contribution in [1.82, 2.24) is 4.98 Å². The number of benzene rings is 3. The maximum Gasteiger partial charge on any atom is 0.261 e. The summed E-state index contributed by atoms with van der Waals surface area (Å²) in [6.45, 7) is 3.20. The minimum absolute atomic E-state index is 0.221. The van der Waals surface area contributed by atoms with Crippen molar-refractivity contribution in [1.29, 1.82) is 0 Å². The van der Waals surface area contributed by atoms with Gasteiger partial charge in [-0.3, -0.25) is 4.72 Å². The van der Waals surface area contributed by atoms with Gasteiger partial charge in [-0.05, 0) is 42.3 Å². The van der Waals surface area contributed by atoms with E-state index in [1.807, 2.05) is 49.4 Å². The average Bonchev–Trinajstić information content (AvgIpc) is 2.82. The molecule has 5 nitrogen and oxygen atoms in total. The number of pyridine rings is 1. The van der Waals surface area contributed by atoms with Crippen LogP contribution in [0.25, 0.3) is 0 Å². The molecule has 0 amide bonds. The first-order valence-electron chi connectivity index (χ1n) is 10.4. The standard InChI is InChI=1S/C26H25N3O2S/c1-21-25(28-32(30,31)24-15-9-4-10-16-24)17-18-26(27-21)29(19-22-11-5-2-6-12-22)20-23-13-7-3-8-14-23/h2-18,28H,19-20H2,1H3. The molecule has 0 aliphatic rings. The van der Waals surface area contributed by atoms with Crippen LogP contribution in [-0.2, 0) is 23.1 Å². The van der Waals surface area contributed by atoms with E-state index in [1.165, 1.54) is 11.1 Å². The van der Waals surface area contributed by atoms with E-state index in [2.05, 4.69) is 33.9 Å². The van der Waals surface area contributed by atoms with Gasteiger partial charge in [0.15, 0.2) is 0 Å². The Bertz CT molecular complexity index is 1220. The molecule has 0 unspecified atom stereocenters. The molecular weight excluding hydrogens is 418 g/mol. The van der Waals surface area contributed by atoms with E-state index < -0.39 is 10.0 Å². The van der Waals surface area contributed by atoms with Gasteiger partial charge in [0.25, 0.3) is 10.0 Å². The second-order valence-corrected chi connectivity index (χ2v) is 9.23. The quantitative estimate of drug-likeness (QED) is 0.396. The maximum atomic E-state index is 12.7. The van der Waals surface area contributed by atoms with Gasteiger partial charge < -0.3 is 4.90 Å². The fourth-order valence-corrected chi connectivity index (χ4v) is 4.60. The third kappa shape index (κ3) is 5.34. The number of anilines is 2. The summed E-state index contributed by atoms with van der Waals surface area (Å²) in [5.74, 6) is 0.790. The summed E-state index contributed by atoms with van der Waals surface area (Å²) >= 11 is 0. The number of sulfonamides is 1. The fourth-order valence-electron chi connectivity index (χ4n) is 3.46. The Hall–Kier alpha value is -3.64. The Labute approximate surface area is 189 Å². The SMILES string of the molecule is Cc1nc(N(Cc2ccccc2)Cc2ccccc2)ccc1NS(=O)(=O)c1ccccc1. The summed E-state index contributed by atoms with van der Waals surface area (Å²) in [5.41, 5.74) is 3.44. The highest BCUT2D eigenvalue weighted by atomic mass is 32.2. The van der Waals surface area contributed by atoms with Crippen LogP contribution in [0.1, 0.15) is 16.8 Å². The van der Waals surface area contributed by atoms with Crippen LogP contribution in [0.4, 0.5) is 11.5 Å². The van der Waals surface area contributed by atoms with Crippen molar-refractivity contribution in [2.24, 2.45) is 0 Å². The van der Waals surface area contributed by atoms with Crippen LogP contribution < -0.4 is 9.62 Å². The molecular formula is C26H25N3O2S. The van der Waals surface area contributed by atoms with Crippen LogP contribution >= 0.6 is 0 Å². The van der Waals surface area contributed by atoms with Crippen LogP contribution in [-0.4, -0.2) is 13.4 Å². The van der Waals surface area contributed by atoms with Crippen molar-refractivity contribution >= 4 is 21.5 Å². The smallest absolute Gasteiger partial charge is 0.261 e. The number of hydrogen-bond donors (Lipinski definition) is 1. The molecule has 4 rings (SSSR count). The molecule has 0 bridgehead atoms. The van der Waals surface area contributed by atoms with Crippen molar-refractivity contribution in [2.75, 3.05) is 9.62 Å². The molecule has 0 saturated heterocycles. The van der Waals surface area contributed by atoms with Gasteiger partial charge in [-0.1, -0.05) is 78.9 Å². The Morgan fingerprint density at radius 3 is 1.72 bits per heavy atom. The lowest BCUT2D eigenvalue weighted by molar-refractivity contribution is 0.601. The van der Waals surface area contributed by atoms with Crippen LogP contribution in [0.2, 0.25) is 0 Å². The summed E-state index contributed by atoms with van der Waals surface area (Å²) in [5, 5.41) is 0. The Balaban J connectivity index is 1.61. The van der Waals surface area contributed by atoms with E-state index in [-0.39, 0.29) is 4.90 Å². The first kappa shape index (κ1) is 21.6. The summed E-state index contributed by atoms with van der Waals surface area (Å²) in [4.78, 5) is 7.15. The molecule has 0 spiro atoms. The number of nitrogens with zero attached hydrogens (tertiary/aromatic N) is 2. The predicted octanol–water partition coefficient (Wildman–Crippen LogP) is 5.40. The minimum Gasteiger partial charge on any atom is -0.348 e. The lowest BCUT2D eigenvalue weighted by Crippen LogP contribution is -2.23. The van der Waals surface area contributed by atoms with Crippen molar-refractivity contribution in [3.05, 3.63) is 120 Å². The molecule has 1 aromatic heterocycles. The largest absolute Gasteiger partial charge is 0.348 e. The third-order valence-corrected chi connectivity index (χ3v) is 6.51. The number of nitrogens with one attached hydrogen (secondary N) is 1. The molecule has 0 aliphatic heterocycles. The Morgan fingerprint density at radius 1 is 0.719 bits per heavy atom. The molecule has 4 aromatic rings. The Morgan fingerprint density at radius 2 is 1.22 bits per heavy atom. The van der Waals surface area contributed by atoms with Gasteiger partial charge in [-0.15, -0.1) is 0 Å². The summed E-state index contributed by atoms with van der Waals surface area (Å²) in [6.07, 6.45) is 0. The number of rotatable bonds is 8. The second kappa shape index (κ2) is 9.66. The van der Waals surface area contributed by atoms with Gasteiger partial charge in [-0.2, -0.15) is 0 Å². The van der Waals surface area contributed by atoms with Gasteiger partial charge in [0.2, 0.25) is 0 Å². The normalized spacial score (nSPS) is 11.2. The van der Waals surface area contributed by atoms with E-state index in [0.717, 1.165) is 5.82 Å². The van der Waals surface area contributed by atoms with Gasteiger partial charge in [0.05, 0.1) is 16.3 Å². The van der Waals surface area contributed by atoms with Crippen molar-refractivity contribution in [3.8, 4) is 0 Å². The van der Waals surface area contributed by atoms with Crippen molar-refractivity contribution in [2.45, 2.75) is 24.9 Å². The highest BCUT2D eigenvalue weighted by molar-refractivity contribution is 7.92. The highest BCUT2D eigenvalue weighted by Crippen LogP contribution is 2.24. The molecule has 0 aliphatic carbocycles. The van der Waals surface area contributed by atoms with Gasteiger partial charge in [0.1, 0.15) is 5.82 Å². The monoisotopic (exact) mass is 443 g/mol. The van der Waals surface area contributed by atoms with Crippen LogP contribution in [0.15, 0.2) is 108 Å². The molecule has 1 N–H and O–H groups in total. The molecule has 0 radical (unpaired) electrons.